The Labute approximate surface area is 126 Å². The summed E-state index contributed by atoms with van der Waals surface area (Å²) in [6.45, 7) is 1.71. The fourth-order valence-corrected chi connectivity index (χ4v) is 3.13. The van der Waals surface area contributed by atoms with Crippen molar-refractivity contribution in [3.63, 3.8) is 0 Å². The van der Waals surface area contributed by atoms with Gasteiger partial charge in [0.15, 0.2) is 0 Å². The van der Waals surface area contributed by atoms with Crippen LogP contribution in [0.15, 0.2) is 59.5 Å². The van der Waals surface area contributed by atoms with E-state index in [4.69, 9.17) is 4.74 Å². The van der Waals surface area contributed by atoms with Crippen molar-refractivity contribution in [3.05, 3.63) is 60.2 Å². The summed E-state index contributed by atoms with van der Waals surface area (Å²) in [5.41, 5.74) is -2.21. The summed E-state index contributed by atoms with van der Waals surface area (Å²) in [6, 6.07) is 12.2. The fourth-order valence-electron chi connectivity index (χ4n) is 1.78. The topological polar surface area (TPSA) is 43.4 Å². The Kier molecular flexibility index (Phi) is 4.46. The second-order valence-electron chi connectivity index (χ2n) is 4.66. The monoisotopic (exact) mass is 330 g/mol. The predicted octanol–water partition coefficient (Wildman–Crippen LogP) is 3.74. The maximum atomic E-state index is 13.2. The SMILES string of the molecule is Cc1ccc(S(=O)(=O)C(Oc2ccccc2)C(F)(F)F)cc1. The van der Waals surface area contributed by atoms with Gasteiger partial charge in [-0.15, -0.1) is 0 Å². The van der Waals surface area contributed by atoms with E-state index in [2.05, 4.69) is 0 Å². The summed E-state index contributed by atoms with van der Waals surface area (Å²) in [5.74, 6) is -0.166. The van der Waals surface area contributed by atoms with E-state index in [0.717, 1.165) is 17.7 Å². The maximum Gasteiger partial charge on any atom is 0.440 e. The number of alkyl halides is 3. The first-order chi connectivity index (χ1) is 10.2. The lowest BCUT2D eigenvalue weighted by Crippen LogP contribution is -2.41. The summed E-state index contributed by atoms with van der Waals surface area (Å²) in [6.07, 6.45) is -5.06. The number of rotatable bonds is 4. The highest BCUT2D eigenvalue weighted by molar-refractivity contribution is 7.92. The lowest BCUT2D eigenvalue weighted by atomic mass is 10.2. The maximum absolute atomic E-state index is 13.2. The third-order valence-electron chi connectivity index (χ3n) is 2.88. The zero-order valence-electron chi connectivity index (χ0n) is 11.5. The lowest BCUT2D eigenvalue weighted by molar-refractivity contribution is -0.168. The van der Waals surface area contributed by atoms with Gasteiger partial charge in [0.25, 0.3) is 5.44 Å². The van der Waals surface area contributed by atoms with Crippen molar-refractivity contribution in [2.45, 2.75) is 23.4 Å². The molecule has 0 aliphatic heterocycles. The minimum absolute atomic E-state index is 0.166. The Balaban J connectivity index is 2.43. The van der Waals surface area contributed by atoms with E-state index in [1.165, 1.54) is 36.4 Å². The Bertz CT molecular complexity index is 723. The van der Waals surface area contributed by atoms with Gasteiger partial charge in [-0.3, -0.25) is 0 Å². The summed E-state index contributed by atoms with van der Waals surface area (Å²) < 4.78 is 68.7. The quantitative estimate of drug-likeness (QED) is 0.858. The molecule has 2 aromatic rings. The first kappa shape index (κ1) is 16.4. The number of hydrogen-bond acceptors (Lipinski definition) is 3. The standard InChI is InChI=1S/C15H13F3O3S/c1-11-7-9-13(10-8-11)22(19,20)14(15(16,17)18)21-12-5-3-2-4-6-12/h2-10,14H,1H3. The van der Waals surface area contributed by atoms with Crippen LogP contribution in [-0.2, 0) is 9.84 Å². The van der Waals surface area contributed by atoms with Crippen LogP contribution in [0.5, 0.6) is 5.75 Å². The molecule has 118 valence electrons. The van der Waals surface area contributed by atoms with E-state index in [9.17, 15) is 21.6 Å². The molecule has 22 heavy (non-hydrogen) atoms. The molecule has 0 amide bonds. The van der Waals surface area contributed by atoms with E-state index in [0.29, 0.717) is 0 Å². The van der Waals surface area contributed by atoms with Crippen LogP contribution >= 0.6 is 0 Å². The Hall–Kier alpha value is -2.02. The lowest BCUT2D eigenvalue weighted by Gasteiger charge is -2.22. The molecule has 0 N–H and O–H groups in total. The highest BCUT2D eigenvalue weighted by atomic mass is 32.2. The second-order valence-corrected chi connectivity index (χ2v) is 6.65. The number of aryl methyl sites for hydroxylation is 1. The van der Waals surface area contributed by atoms with Crippen molar-refractivity contribution in [3.8, 4) is 5.75 Å². The minimum atomic E-state index is -5.06. The van der Waals surface area contributed by atoms with Gasteiger partial charge in [0.2, 0.25) is 9.84 Å². The van der Waals surface area contributed by atoms with Gasteiger partial charge < -0.3 is 4.74 Å². The fraction of sp³-hybridized carbons (Fsp3) is 0.200. The van der Waals surface area contributed by atoms with Crippen molar-refractivity contribution < 1.29 is 26.3 Å². The molecule has 3 nitrogen and oxygen atoms in total. The third-order valence-corrected chi connectivity index (χ3v) is 4.74. The van der Waals surface area contributed by atoms with Gasteiger partial charge in [-0.2, -0.15) is 13.2 Å². The molecule has 1 unspecified atom stereocenters. The molecule has 0 fully saturated rings. The van der Waals surface area contributed by atoms with Gasteiger partial charge in [0.1, 0.15) is 5.75 Å². The Morgan fingerprint density at radius 1 is 0.955 bits per heavy atom. The first-order valence-electron chi connectivity index (χ1n) is 6.30. The molecule has 0 saturated heterocycles. The smallest absolute Gasteiger partial charge is 0.440 e. The zero-order valence-corrected chi connectivity index (χ0v) is 12.4. The molecule has 0 spiro atoms. The van der Waals surface area contributed by atoms with Crippen LogP contribution in [0.25, 0.3) is 0 Å². The normalized spacial score (nSPS) is 13.6. The molecule has 0 bridgehead atoms. The molecule has 2 aromatic carbocycles. The van der Waals surface area contributed by atoms with Crippen LogP contribution in [0.4, 0.5) is 13.2 Å². The van der Waals surface area contributed by atoms with Crippen LogP contribution in [0.1, 0.15) is 5.56 Å². The molecule has 0 saturated carbocycles. The molecule has 0 heterocycles. The van der Waals surface area contributed by atoms with Crippen LogP contribution in [0.2, 0.25) is 0 Å². The summed E-state index contributed by atoms with van der Waals surface area (Å²) >= 11 is 0. The zero-order chi connectivity index (χ0) is 16.4. The van der Waals surface area contributed by atoms with Crippen molar-refractivity contribution >= 4 is 9.84 Å². The van der Waals surface area contributed by atoms with Gasteiger partial charge in [-0.25, -0.2) is 8.42 Å². The molecular weight excluding hydrogens is 317 g/mol. The summed E-state index contributed by atoms with van der Waals surface area (Å²) in [7, 11) is -4.72. The first-order valence-corrected chi connectivity index (χ1v) is 7.85. The molecule has 7 heteroatoms. The van der Waals surface area contributed by atoms with Gasteiger partial charge in [0, 0.05) is 0 Å². The second kappa shape index (κ2) is 6.00. The Morgan fingerprint density at radius 2 is 1.50 bits per heavy atom. The predicted molar refractivity (Wildman–Crippen MR) is 75.3 cm³/mol. The summed E-state index contributed by atoms with van der Waals surface area (Å²) in [5, 5.41) is 0. The molecule has 1 atom stereocenters. The number of hydrogen-bond donors (Lipinski definition) is 0. The van der Waals surface area contributed by atoms with Gasteiger partial charge in [-0.1, -0.05) is 35.9 Å². The summed E-state index contributed by atoms with van der Waals surface area (Å²) in [4.78, 5) is -0.434. The van der Waals surface area contributed by atoms with Gasteiger partial charge in [0.05, 0.1) is 4.90 Å². The third kappa shape index (κ3) is 3.59. The van der Waals surface area contributed by atoms with E-state index in [1.807, 2.05) is 0 Å². The number of halogens is 3. The van der Waals surface area contributed by atoms with E-state index >= 15 is 0 Å². The van der Waals surface area contributed by atoms with Crippen molar-refractivity contribution in [2.75, 3.05) is 0 Å². The van der Waals surface area contributed by atoms with Gasteiger partial charge in [-0.05, 0) is 31.2 Å². The van der Waals surface area contributed by atoms with Crippen LogP contribution in [0, 0.1) is 6.92 Å². The Morgan fingerprint density at radius 3 is 2.00 bits per heavy atom. The number of sulfone groups is 1. The van der Waals surface area contributed by atoms with Crippen LogP contribution in [0.3, 0.4) is 0 Å². The average molecular weight is 330 g/mol. The van der Waals surface area contributed by atoms with E-state index < -0.39 is 26.3 Å². The van der Waals surface area contributed by atoms with Crippen molar-refractivity contribution in [1.29, 1.82) is 0 Å². The largest absolute Gasteiger partial charge is 0.465 e. The highest BCUT2D eigenvalue weighted by Gasteiger charge is 2.51. The van der Waals surface area contributed by atoms with E-state index in [1.54, 1.807) is 13.0 Å². The van der Waals surface area contributed by atoms with Crippen LogP contribution in [-0.4, -0.2) is 20.0 Å². The molecule has 0 aromatic heterocycles. The van der Waals surface area contributed by atoms with Crippen molar-refractivity contribution in [2.24, 2.45) is 0 Å². The number of ether oxygens (including phenoxy) is 1. The highest BCUT2D eigenvalue weighted by Crippen LogP contribution is 2.32. The number of para-hydroxylation sites is 1. The van der Waals surface area contributed by atoms with E-state index in [-0.39, 0.29) is 5.75 Å². The molecule has 0 radical (unpaired) electrons. The van der Waals surface area contributed by atoms with Crippen molar-refractivity contribution in [1.82, 2.24) is 0 Å². The number of benzene rings is 2. The molecule has 2 rings (SSSR count). The minimum Gasteiger partial charge on any atom is -0.465 e. The van der Waals surface area contributed by atoms with Gasteiger partial charge >= 0.3 is 6.18 Å². The molecular formula is C15H13F3O3S. The van der Waals surface area contributed by atoms with Crippen LogP contribution < -0.4 is 4.74 Å². The molecule has 0 aliphatic rings. The molecule has 0 aliphatic carbocycles. The average Bonchev–Trinajstić information content (AvgIpc) is 2.45.